The molecule has 0 amide bonds. The van der Waals surface area contributed by atoms with E-state index in [1.54, 1.807) is 0 Å². The standard InChI is InChI=1S/C23H29N/c1-4-10-20(11-5-1)16-22-17-23(14-8-3-9-15-23)19-24(22)18-21-12-6-2-7-13-21/h1-2,4-7,10-13,22H,3,8-9,14-19H2. The van der Waals surface area contributed by atoms with Gasteiger partial charge in [0.15, 0.2) is 0 Å². The maximum absolute atomic E-state index is 2.79. The fourth-order valence-electron chi connectivity index (χ4n) is 5.01. The Kier molecular flexibility index (Phi) is 4.71. The summed E-state index contributed by atoms with van der Waals surface area (Å²) in [6, 6.07) is 22.8. The largest absolute Gasteiger partial charge is 0.295 e. The lowest BCUT2D eigenvalue weighted by Gasteiger charge is -2.33. The molecule has 1 unspecified atom stereocenters. The van der Waals surface area contributed by atoms with Gasteiger partial charge >= 0.3 is 0 Å². The van der Waals surface area contributed by atoms with E-state index in [0.29, 0.717) is 11.5 Å². The van der Waals surface area contributed by atoms with Crippen LogP contribution in [0.2, 0.25) is 0 Å². The Morgan fingerprint density at radius 1 is 0.792 bits per heavy atom. The highest BCUT2D eigenvalue weighted by Gasteiger charge is 2.43. The van der Waals surface area contributed by atoms with Crippen LogP contribution in [0.5, 0.6) is 0 Å². The molecule has 1 heterocycles. The van der Waals surface area contributed by atoms with Crippen LogP contribution < -0.4 is 0 Å². The molecule has 1 aliphatic carbocycles. The van der Waals surface area contributed by atoms with Gasteiger partial charge in [-0.3, -0.25) is 4.90 Å². The molecule has 1 atom stereocenters. The quantitative estimate of drug-likeness (QED) is 0.724. The molecular weight excluding hydrogens is 290 g/mol. The Morgan fingerprint density at radius 3 is 2.08 bits per heavy atom. The summed E-state index contributed by atoms with van der Waals surface area (Å²) in [7, 11) is 0. The molecular formula is C23H29N. The summed E-state index contributed by atoms with van der Waals surface area (Å²) in [6.07, 6.45) is 9.83. The first-order chi connectivity index (χ1) is 11.8. The van der Waals surface area contributed by atoms with E-state index in [1.807, 2.05) is 0 Å². The Balaban J connectivity index is 1.53. The van der Waals surface area contributed by atoms with Crippen molar-refractivity contribution in [3.05, 3.63) is 71.8 Å². The zero-order valence-corrected chi connectivity index (χ0v) is 14.7. The third kappa shape index (κ3) is 3.57. The molecule has 1 aliphatic heterocycles. The average Bonchev–Trinajstić information content (AvgIpc) is 2.94. The third-order valence-corrected chi connectivity index (χ3v) is 6.18. The molecule has 1 heteroatoms. The lowest BCUT2D eigenvalue weighted by atomic mass is 9.72. The molecule has 1 saturated heterocycles. The Morgan fingerprint density at radius 2 is 1.42 bits per heavy atom. The second-order valence-electron chi connectivity index (χ2n) is 8.00. The van der Waals surface area contributed by atoms with Crippen molar-refractivity contribution in [2.24, 2.45) is 5.41 Å². The van der Waals surface area contributed by atoms with Crippen molar-refractivity contribution < 1.29 is 0 Å². The van der Waals surface area contributed by atoms with E-state index >= 15 is 0 Å². The first kappa shape index (κ1) is 15.9. The lowest BCUT2D eigenvalue weighted by molar-refractivity contribution is 0.179. The molecule has 2 aromatic carbocycles. The summed E-state index contributed by atoms with van der Waals surface area (Å²) >= 11 is 0. The van der Waals surface area contributed by atoms with E-state index < -0.39 is 0 Å². The van der Waals surface area contributed by atoms with Crippen molar-refractivity contribution in [3.63, 3.8) is 0 Å². The van der Waals surface area contributed by atoms with Gasteiger partial charge in [-0.15, -0.1) is 0 Å². The highest BCUT2D eigenvalue weighted by Crippen LogP contribution is 2.47. The zero-order valence-electron chi connectivity index (χ0n) is 14.7. The number of hydrogen-bond donors (Lipinski definition) is 0. The minimum atomic E-state index is 0.604. The van der Waals surface area contributed by atoms with E-state index in [2.05, 4.69) is 65.6 Å². The summed E-state index contributed by atoms with van der Waals surface area (Å²) in [5.41, 5.74) is 3.56. The van der Waals surface area contributed by atoms with E-state index in [1.165, 1.54) is 62.6 Å². The molecule has 126 valence electrons. The van der Waals surface area contributed by atoms with Crippen LogP contribution in [-0.2, 0) is 13.0 Å². The van der Waals surface area contributed by atoms with Crippen LogP contribution in [-0.4, -0.2) is 17.5 Å². The molecule has 2 aromatic rings. The molecule has 1 saturated carbocycles. The van der Waals surface area contributed by atoms with Gasteiger partial charge in [-0.1, -0.05) is 79.9 Å². The molecule has 1 spiro atoms. The number of nitrogens with zero attached hydrogens (tertiary/aromatic N) is 1. The van der Waals surface area contributed by atoms with Gasteiger partial charge in [0.05, 0.1) is 0 Å². The normalized spacial score (nSPS) is 23.6. The van der Waals surface area contributed by atoms with Crippen LogP contribution in [0.4, 0.5) is 0 Å². The monoisotopic (exact) mass is 319 g/mol. The van der Waals surface area contributed by atoms with Crippen LogP contribution in [0.1, 0.15) is 49.7 Å². The molecule has 0 aromatic heterocycles. The maximum Gasteiger partial charge on any atom is 0.0237 e. The Labute approximate surface area is 146 Å². The zero-order chi connectivity index (χ0) is 16.2. The van der Waals surface area contributed by atoms with E-state index in [-0.39, 0.29) is 0 Å². The molecule has 2 fully saturated rings. The van der Waals surface area contributed by atoms with E-state index in [0.717, 1.165) is 6.54 Å². The molecule has 24 heavy (non-hydrogen) atoms. The summed E-state index contributed by atoms with van der Waals surface area (Å²) < 4.78 is 0. The second-order valence-corrected chi connectivity index (χ2v) is 8.00. The predicted molar refractivity (Wildman–Crippen MR) is 101 cm³/mol. The van der Waals surface area contributed by atoms with Crippen molar-refractivity contribution in [2.75, 3.05) is 6.54 Å². The number of hydrogen-bond acceptors (Lipinski definition) is 1. The number of rotatable bonds is 4. The average molecular weight is 319 g/mol. The summed E-state index contributed by atoms with van der Waals surface area (Å²) in [5.74, 6) is 0. The summed E-state index contributed by atoms with van der Waals surface area (Å²) in [4.78, 5) is 2.79. The molecule has 1 nitrogen and oxygen atoms in total. The second kappa shape index (κ2) is 7.11. The lowest BCUT2D eigenvalue weighted by Crippen LogP contribution is -2.32. The number of benzene rings is 2. The van der Waals surface area contributed by atoms with E-state index in [9.17, 15) is 0 Å². The summed E-state index contributed by atoms with van der Waals surface area (Å²) in [6.45, 7) is 2.42. The highest BCUT2D eigenvalue weighted by molar-refractivity contribution is 5.19. The summed E-state index contributed by atoms with van der Waals surface area (Å²) in [5, 5.41) is 0. The molecule has 0 bridgehead atoms. The van der Waals surface area contributed by atoms with Gasteiger partial charge in [-0.25, -0.2) is 0 Å². The molecule has 0 radical (unpaired) electrons. The molecule has 2 aliphatic rings. The maximum atomic E-state index is 2.79. The first-order valence-electron chi connectivity index (χ1n) is 9.65. The van der Waals surface area contributed by atoms with Crippen LogP contribution in [0.15, 0.2) is 60.7 Å². The van der Waals surface area contributed by atoms with Crippen LogP contribution in [0.3, 0.4) is 0 Å². The SMILES string of the molecule is c1ccc(CC2CC3(CCCCC3)CN2Cc2ccccc2)cc1. The van der Waals surface area contributed by atoms with Gasteiger partial charge in [0.25, 0.3) is 0 Å². The minimum Gasteiger partial charge on any atom is -0.295 e. The van der Waals surface area contributed by atoms with Crippen LogP contribution >= 0.6 is 0 Å². The van der Waals surface area contributed by atoms with Gasteiger partial charge < -0.3 is 0 Å². The van der Waals surface area contributed by atoms with Crippen LogP contribution in [0.25, 0.3) is 0 Å². The van der Waals surface area contributed by atoms with Crippen molar-refractivity contribution >= 4 is 0 Å². The molecule has 0 N–H and O–H groups in total. The minimum absolute atomic E-state index is 0.604. The van der Waals surface area contributed by atoms with E-state index in [4.69, 9.17) is 0 Å². The smallest absolute Gasteiger partial charge is 0.0237 e. The number of likely N-dealkylation sites (tertiary alicyclic amines) is 1. The Bertz CT molecular complexity index is 576. The van der Waals surface area contributed by atoms with Gasteiger partial charge in [-0.2, -0.15) is 0 Å². The van der Waals surface area contributed by atoms with Crippen molar-refractivity contribution in [1.29, 1.82) is 0 Å². The van der Waals surface area contributed by atoms with Crippen molar-refractivity contribution in [2.45, 2.75) is 57.5 Å². The third-order valence-electron chi connectivity index (χ3n) is 6.18. The van der Waals surface area contributed by atoms with Gasteiger partial charge in [0.2, 0.25) is 0 Å². The fraction of sp³-hybridized carbons (Fsp3) is 0.478. The van der Waals surface area contributed by atoms with Crippen molar-refractivity contribution in [3.8, 4) is 0 Å². The van der Waals surface area contributed by atoms with Gasteiger partial charge in [0, 0.05) is 19.1 Å². The topological polar surface area (TPSA) is 3.24 Å². The highest BCUT2D eigenvalue weighted by atomic mass is 15.2. The molecule has 4 rings (SSSR count). The van der Waals surface area contributed by atoms with Gasteiger partial charge in [-0.05, 0) is 42.2 Å². The fourth-order valence-corrected chi connectivity index (χ4v) is 5.01. The van der Waals surface area contributed by atoms with Crippen LogP contribution in [0, 0.1) is 5.41 Å². The predicted octanol–water partition coefficient (Wildman–Crippen LogP) is 5.45. The Hall–Kier alpha value is -1.60. The van der Waals surface area contributed by atoms with Gasteiger partial charge in [0.1, 0.15) is 0 Å². The first-order valence-corrected chi connectivity index (χ1v) is 9.65. The van der Waals surface area contributed by atoms with Crippen molar-refractivity contribution in [1.82, 2.24) is 4.90 Å².